The number of rotatable bonds is 6. The zero-order valence-electron chi connectivity index (χ0n) is 11.6. The summed E-state index contributed by atoms with van der Waals surface area (Å²) in [4.78, 5) is 11.4. The Morgan fingerprint density at radius 3 is 2.38 bits per heavy atom. The van der Waals surface area contributed by atoms with E-state index in [4.69, 9.17) is 23.1 Å². The SMILES string of the molecule is NCCc1ccc(CNc2ccc(Cl)cc2C(N)=O)cc1. The lowest BCUT2D eigenvalue weighted by atomic mass is 10.1. The Morgan fingerprint density at radius 1 is 1.10 bits per heavy atom. The Bertz CT molecular complexity index is 626. The van der Waals surface area contributed by atoms with Crippen molar-refractivity contribution in [3.05, 3.63) is 64.2 Å². The van der Waals surface area contributed by atoms with E-state index in [0.29, 0.717) is 29.4 Å². The average molecular weight is 304 g/mol. The van der Waals surface area contributed by atoms with Gasteiger partial charge in [0.2, 0.25) is 0 Å². The number of halogens is 1. The van der Waals surface area contributed by atoms with Gasteiger partial charge in [0.1, 0.15) is 0 Å². The first-order chi connectivity index (χ1) is 10.1. The molecule has 0 saturated carbocycles. The molecule has 0 atom stereocenters. The maximum absolute atomic E-state index is 11.4. The van der Waals surface area contributed by atoms with Gasteiger partial charge in [0, 0.05) is 17.3 Å². The van der Waals surface area contributed by atoms with E-state index in [1.807, 2.05) is 12.1 Å². The van der Waals surface area contributed by atoms with Gasteiger partial charge in [-0.3, -0.25) is 4.79 Å². The van der Waals surface area contributed by atoms with Crippen molar-refractivity contribution in [2.45, 2.75) is 13.0 Å². The Morgan fingerprint density at radius 2 is 1.76 bits per heavy atom. The minimum atomic E-state index is -0.502. The molecule has 5 heteroatoms. The summed E-state index contributed by atoms with van der Waals surface area (Å²) in [5, 5.41) is 3.69. The first-order valence-electron chi connectivity index (χ1n) is 6.71. The van der Waals surface area contributed by atoms with E-state index in [-0.39, 0.29) is 0 Å². The molecular formula is C16H18ClN3O. The molecule has 0 aliphatic carbocycles. The molecule has 21 heavy (non-hydrogen) atoms. The highest BCUT2D eigenvalue weighted by Crippen LogP contribution is 2.21. The summed E-state index contributed by atoms with van der Waals surface area (Å²) in [6.45, 7) is 1.25. The predicted octanol–water partition coefficient (Wildman–Crippen LogP) is 2.55. The van der Waals surface area contributed by atoms with Crippen LogP contribution in [0.1, 0.15) is 21.5 Å². The molecule has 0 aliphatic rings. The van der Waals surface area contributed by atoms with Gasteiger partial charge >= 0.3 is 0 Å². The molecule has 0 aromatic heterocycles. The molecule has 4 nitrogen and oxygen atoms in total. The third-order valence-electron chi connectivity index (χ3n) is 3.19. The van der Waals surface area contributed by atoms with Gasteiger partial charge in [-0.05, 0) is 42.3 Å². The Labute approximate surface area is 129 Å². The number of amides is 1. The number of nitrogens with one attached hydrogen (secondary N) is 1. The molecule has 110 valence electrons. The third-order valence-corrected chi connectivity index (χ3v) is 3.42. The minimum absolute atomic E-state index is 0.391. The second kappa shape index (κ2) is 7.11. The highest BCUT2D eigenvalue weighted by Gasteiger charge is 2.08. The lowest BCUT2D eigenvalue weighted by molar-refractivity contribution is 0.100. The van der Waals surface area contributed by atoms with Crippen LogP contribution in [0.3, 0.4) is 0 Å². The van der Waals surface area contributed by atoms with Crippen molar-refractivity contribution in [1.29, 1.82) is 0 Å². The van der Waals surface area contributed by atoms with Gasteiger partial charge in [-0.1, -0.05) is 35.9 Å². The number of carbonyl (C=O) groups excluding carboxylic acids is 1. The molecule has 0 aliphatic heterocycles. The van der Waals surface area contributed by atoms with Crippen molar-refractivity contribution < 1.29 is 4.79 Å². The van der Waals surface area contributed by atoms with Crippen LogP contribution < -0.4 is 16.8 Å². The molecular weight excluding hydrogens is 286 g/mol. The lowest BCUT2D eigenvalue weighted by Crippen LogP contribution is -2.14. The van der Waals surface area contributed by atoms with Crippen LogP contribution in [-0.2, 0) is 13.0 Å². The van der Waals surface area contributed by atoms with E-state index < -0.39 is 5.91 Å². The molecule has 5 N–H and O–H groups in total. The van der Waals surface area contributed by atoms with Crippen LogP contribution in [0, 0.1) is 0 Å². The van der Waals surface area contributed by atoms with E-state index >= 15 is 0 Å². The van der Waals surface area contributed by atoms with Gasteiger partial charge < -0.3 is 16.8 Å². The van der Waals surface area contributed by atoms with E-state index in [1.54, 1.807) is 18.2 Å². The molecule has 1 amide bonds. The molecule has 0 fully saturated rings. The van der Waals surface area contributed by atoms with E-state index in [9.17, 15) is 4.79 Å². The fourth-order valence-electron chi connectivity index (χ4n) is 2.06. The van der Waals surface area contributed by atoms with Crippen LogP contribution in [0.2, 0.25) is 5.02 Å². The van der Waals surface area contributed by atoms with Crippen molar-refractivity contribution in [3.63, 3.8) is 0 Å². The van der Waals surface area contributed by atoms with Gasteiger partial charge in [-0.25, -0.2) is 0 Å². The molecule has 0 unspecified atom stereocenters. The Hall–Kier alpha value is -2.04. The average Bonchev–Trinajstić information content (AvgIpc) is 2.47. The lowest BCUT2D eigenvalue weighted by Gasteiger charge is -2.11. The van der Waals surface area contributed by atoms with Crippen molar-refractivity contribution >= 4 is 23.2 Å². The van der Waals surface area contributed by atoms with E-state index in [0.717, 1.165) is 12.0 Å². The highest BCUT2D eigenvalue weighted by atomic mass is 35.5. The Kier molecular flexibility index (Phi) is 5.20. The standard InChI is InChI=1S/C16H18ClN3O/c17-13-5-6-15(14(9-13)16(19)21)20-10-12-3-1-11(2-4-12)7-8-18/h1-6,9,20H,7-8,10,18H2,(H2,19,21). The second-order valence-electron chi connectivity index (χ2n) is 4.76. The van der Waals surface area contributed by atoms with Gasteiger partial charge in [0.15, 0.2) is 0 Å². The number of nitrogens with two attached hydrogens (primary N) is 2. The van der Waals surface area contributed by atoms with Crippen molar-refractivity contribution in [2.24, 2.45) is 11.5 Å². The summed E-state index contributed by atoms with van der Waals surface area (Å²) in [6.07, 6.45) is 0.872. The molecule has 0 saturated heterocycles. The smallest absolute Gasteiger partial charge is 0.250 e. The summed E-state index contributed by atoms with van der Waals surface area (Å²) >= 11 is 5.88. The number of primary amides is 1. The van der Waals surface area contributed by atoms with Gasteiger partial charge in [-0.15, -0.1) is 0 Å². The van der Waals surface area contributed by atoms with Crippen LogP contribution in [0.15, 0.2) is 42.5 Å². The number of anilines is 1. The van der Waals surface area contributed by atoms with Crippen LogP contribution in [0.25, 0.3) is 0 Å². The summed E-state index contributed by atoms with van der Waals surface area (Å²) in [5.74, 6) is -0.502. The van der Waals surface area contributed by atoms with Crippen LogP contribution in [0.5, 0.6) is 0 Å². The van der Waals surface area contributed by atoms with Crippen molar-refractivity contribution in [2.75, 3.05) is 11.9 Å². The quantitative estimate of drug-likeness (QED) is 0.767. The first kappa shape index (κ1) is 15.4. The van der Waals surface area contributed by atoms with Gasteiger partial charge in [-0.2, -0.15) is 0 Å². The third kappa shape index (κ3) is 4.21. The minimum Gasteiger partial charge on any atom is -0.380 e. The Balaban J connectivity index is 2.07. The molecule has 2 aromatic carbocycles. The second-order valence-corrected chi connectivity index (χ2v) is 5.20. The largest absolute Gasteiger partial charge is 0.380 e. The zero-order valence-corrected chi connectivity index (χ0v) is 12.4. The first-order valence-corrected chi connectivity index (χ1v) is 7.09. The fraction of sp³-hybridized carbons (Fsp3) is 0.188. The molecule has 0 heterocycles. The maximum Gasteiger partial charge on any atom is 0.250 e. The van der Waals surface area contributed by atoms with E-state index in [1.165, 1.54) is 5.56 Å². The fourth-order valence-corrected chi connectivity index (χ4v) is 2.23. The van der Waals surface area contributed by atoms with Crippen molar-refractivity contribution in [1.82, 2.24) is 0 Å². The predicted molar refractivity (Wildman–Crippen MR) is 86.5 cm³/mol. The maximum atomic E-state index is 11.4. The monoisotopic (exact) mass is 303 g/mol. The number of hydrogen-bond donors (Lipinski definition) is 3. The van der Waals surface area contributed by atoms with Crippen LogP contribution in [-0.4, -0.2) is 12.5 Å². The summed E-state index contributed by atoms with van der Waals surface area (Å²) in [7, 11) is 0. The van der Waals surface area contributed by atoms with Crippen LogP contribution >= 0.6 is 11.6 Å². The van der Waals surface area contributed by atoms with Gasteiger partial charge in [0.25, 0.3) is 5.91 Å². The topological polar surface area (TPSA) is 81.1 Å². The molecule has 0 bridgehead atoms. The van der Waals surface area contributed by atoms with Crippen molar-refractivity contribution in [3.8, 4) is 0 Å². The van der Waals surface area contributed by atoms with Crippen LogP contribution in [0.4, 0.5) is 5.69 Å². The highest BCUT2D eigenvalue weighted by molar-refractivity contribution is 6.31. The summed E-state index contributed by atoms with van der Waals surface area (Å²) in [6, 6.07) is 13.2. The summed E-state index contributed by atoms with van der Waals surface area (Å²) in [5.41, 5.74) is 14.3. The molecule has 2 aromatic rings. The number of hydrogen-bond acceptors (Lipinski definition) is 3. The number of carbonyl (C=O) groups is 1. The molecule has 2 rings (SSSR count). The number of benzene rings is 2. The zero-order chi connectivity index (χ0) is 15.2. The molecule has 0 radical (unpaired) electrons. The van der Waals surface area contributed by atoms with Gasteiger partial charge in [0.05, 0.1) is 5.56 Å². The summed E-state index contributed by atoms with van der Waals surface area (Å²) < 4.78 is 0. The normalized spacial score (nSPS) is 10.4. The molecule has 0 spiro atoms. The van der Waals surface area contributed by atoms with E-state index in [2.05, 4.69) is 17.4 Å².